The lowest BCUT2D eigenvalue weighted by Gasteiger charge is -2.20. The van der Waals surface area contributed by atoms with Crippen LogP contribution in [0, 0.1) is 6.92 Å². The van der Waals surface area contributed by atoms with Gasteiger partial charge in [-0.2, -0.15) is 5.10 Å². The lowest BCUT2D eigenvalue weighted by molar-refractivity contribution is -0.119. The van der Waals surface area contributed by atoms with E-state index in [0.717, 1.165) is 47.9 Å². The van der Waals surface area contributed by atoms with Crippen molar-refractivity contribution in [3.05, 3.63) is 59.2 Å². The van der Waals surface area contributed by atoms with Crippen LogP contribution in [0.15, 0.2) is 47.6 Å². The van der Waals surface area contributed by atoms with Gasteiger partial charge in [-0.3, -0.25) is 9.69 Å². The topological polar surface area (TPSA) is 66.0 Å². The molecule has 2 rings (SSSR count). The molecule has 0 radical (unpaired) electrons. The Balaban J connectivity index is 2.00. The molecule has 0 aliphatic rings. The zero-order valence-electron chi connectivity index (χ0n) is 18.1. The normalized spacial score (nSPS) is 11.4. The predicted molar refractivity (Wildman–Crippen MR) is 120 cm³/mol. The fourth-order valence-corrected chi connectivity index (χ4v) is 2.92. The Kier molecular flexibility index (Phi) is 8.68. The molecule has 1 amide bonds. The van der Waals surface area contributed by atoms with Gasteiger partial charge in [0.2, 0.25) is 0 Å². The summed E-state index contributed by atoms with van der Waals surface area (Å²) in [6, 6.07) is 13.9. The van der Waals surface area contributed by atoms with Crippen LogP contribution in [-0.2, 0) is 11.3 Å². The average molecular weight is 397 g/mol. The van der Waals surface area contributed by atoms with Gasteiger partial charge in [-0.25, -0.2) is 5.43 Å². The highest BCUT2D eigenvalue weighted by Crippen LogP contribution is 2.22. The van der Waals surface area contributed by atoms with Gasteiger partial charge in [0.15, 0.2) is 0 Å². The van der Waals surface area contributed by atoms with Crippen molar-refractivity contribution in [2.75, 3.05) is 32.1 Å². The number of hydrogen-bond donors (Lipinski definition) is 2. The third-order valence-electron chi connectivity index (χ3n) is 4.84. The lowest BCUT2D eigenvalue weighted by atomic mass is 10.1. The van der Waals surface area contributed by atoms with Gasteiger partial charge in [0.25, 0.3) is 5.91 Å². The highest BCUT2D eigenvalue weighted by molar-refractivity contribution is 5.99. The summed E-state index contributed by atoms with van der Waals surface area (Å²) < 4.78 is 5.50. The summed E-state index contributed by atoms with van der Waals surface area (Å²) in [5.74, 6) is 0.668. The van der Waals surface area contributed by atoms with Crippen LogP contribution in [-0.4, -0.2) is 43.3 Å². The van der Waals surface area contributed by atoms with Crippen molar-refractivity contribution in [3.8, 4) is 5.75 Å². The molecule has 0 spiro atoms. The van der Waals surface area contributed by atoms with Crippen molar-refractivity contribution in [1.29, 1.82) is 0 Å². The first-order chi connectivity index (χ1) is 14.0. The van der Waals surface area contributed by atoms with Crippen molar-refractivity contribution < 1.29 is 9.53 Å². The maximum Gasteiger partial charge on any atom is 0.259 e. The fourth-order valence-electron chi connectivity index (χ4n) is 2.92. The molecule has 0 unspecified atom stereocenters. The van der Waals surface area contributed by atoms with Crippen LogP contribution < -0.4 is 15.5 Å². The van der Waals surface area contributed by atoms with Crippen molar-refractivity contribution in [3.63, 3.8) is 0 Å². The molecule has 0 saturated carbocycles. The quantitative estimate of drug-likeness (QED) is 0.474. The van der Waals surface area contributed by atoms with Gasteiger partial charge >= 0.3 is 0 Å². The minimum atomic E-state index is -0.193. The number of anilines is 1. The highest BCUT2D eigenvalue weighted by atomic mass is 16.5. The molecule has 6 heteroatoms. The molecule has 0 bridgehead atoms. The predicted octanol–water partition coefficient (Wildman–Crippen LogP) is 3.80. The van der Waals surface area contributed by atoms with Crippen LogP contribution in [0.25, 0.3) is 0 Å². The maximum atomic E-state index is 12.1. The minimum absolute atomic E-state index is 0.162. The Hall–Kier alpha value is -2.86. The largest absolute Gasteiger partial charge is 0.496 e. The van der Waals surface area contributed by atoms with E-state index >= 15 is 0 Å². The van der Waals surface area contributed by atoms with E-state index in [1.807, 2.05) is 50.2 Å². The van der Waals surface area contributed by atoms with Gasteiger partial charge in [-0.05, 0) is 62.8 Å². The molecule has 6 nitrogen and oxygen atoms in total. The third kappa shape index (κ3) is 6.91. The lowest BCUT2D eigenvalue weighted by Crippen LogP contribution is -2.26. The Bertz CT molecular complexity index is 827. The number of ether oxygens (including phenoxy) is 1. The first kappa shape index (κ1) is 22.4. The summed E-state index contributed by atoms with van der Waals surface area (Å²) in [6.07, 6.45) is 0. The van der Waals surface area contributed by atoms with Gasteiger partial charge in [0.1, 0.15) is 5.75 Å². The number of aryl methyl sites for hydroxylation is 1. The molecule has 0 heterocycles. The van der Waals surface area contributed by atoms with E-state index in [1.54, 1.807) is 7.11 Å². The van der Waals surface area contributed by atoms with E-state index in [4.69, 9.17) is 4.74 Å². The number of hydrazone groups is 1. The Morgan fingerprint density at radius 3 is 2.41 bits per heavy atom. The molecule has 2 aromatic carbocycles. The first-order valence-corrected chi connectivity index (χ1v) is 10.00. The standard InChI is InChI=1S/C23H32N4O2/c1-6-27(7-2)16-20-14-19(10-13-22(20)29-5)18(4)25-26-23(28)15-24-21-11-8-17(3)9-12-21/h8-14,24H,6-7,15-16H2,1-5H3,(H,26,28)/b25-18+. The highest BCUT2D eigenvalue weighted by Gasteiger charge is 2.10. The van der Waals surface area contributed by atoms with E-state index in [2.05, 4.69) is 40.7 Å². The summed E-state index contributed by atoms with van der Waals surface area (Å²) in [6.45, 7) is 11.1. The average Bonchev–Trinajstić information content (AvgIpc) is 2.75. The van der Waals surface area contributed by atoms with Crippen LogP contribution in [0.5, 0.6) is 5.75 Å². The molecular formula is C23H32N4O2. The van der Waals surface area contributed by atoms with Crippen LogP contribution in [0.2, 0.25) is 0 Å². The number of carbonyl (C=O) groups excluding carboxylic acids is 1. The van der Waals surface area contributed by atoms with Gasteiger partial charge in [-0.15, -0.1) is 0 Å². The van der Waals surface area contributed by atoms with Gasteiger partial charge in [0, 0.05) is 17.8 Å². The van der Waals surface area contributed by atoms with E-state index in [-0.39, 0.29) is 12.5 Å². The SMILES string of the molecule is CCN(CC)Cc1cc(/C(C)=N/NC(=O)CNc2ccc(C)cc2)ccc1OC. The van der Waals surface area contributed by atoms with Crippen molar-refractivity contribution in [2.24, 2.45) is 5.10 Å². The Morgan fingerprint density at radius 1 is 1.10 bits per heavy atom. The number of hydrogen-bond acceptors (Lipinski definition) is 5. The number of nitrogens with zero attached hydrogens (tertiary/aromatic N) is 2. The van der Waals surface area contributed by atoms with Crippen molar-refractivity contribution in [1.82, 2.24) is 10.3 Å². The van der Waals surface area contributed by atoms with Crippen LogP contribution >= 0.6 is 0 Å². The number of carbonyl (C=O) groups is 1. The van der Waals surface area contributed by atoms with Crippen molar-refractivity contribution >= 4 is 17.3 Å². The minimum Gasteiger partial charge on any atom is -0.496 e. The van der Waals surface area contributed by atoms with E-state index in [0.29, 0.717) is 0 Å². The molecule has 0 aromatic heterocycles. The van der Waals surface area contributed by atoms with Gasteiger partial charge < -0.3 is 10.1 Å². The zero-order valence-corrected chi connectivity index (χ0v) is 18.1. The zero-order chi connectivity index (χ0) is 21.2. The smallest absolute Gasteiger partial charge is 0.259 e. The summed E-state index contributed by atoms with van der Waals surface area (Å²) in [4.78, 5) is 14.4. The van der Waals surface area contributed by atoms with Crippen molar-refractivity contribution in [2.45, 2.75) is 34.2 Å². The molecular weight excluding hydrogens is 364 g/mol. The third-order valence-corrected chi connectivity index (χ3v) is 4.84. The van der Waals surface area contributed by atoms with E-state index < -0.39 is 0 Å². The molecule has 156 valence electrons. The molecule has 0 atom stereocenters. The first-order valence-electron chi connectivity index (χ1n) is 10.00. The summed E-state index contributed by atoms with van der Waals surface area (Å²) >= 11 is 0. The van der Waals surface area contributed by atoms with Crippen LogP contribution in [0.3, 0.4) is 0 Å². The van der Waals surface area contributed by atoms with Crippen LogP contribution in [0.4, 0.5) is 5.69 Å². The summed E-state index contributed by atoms with van der Waals surface area (Å²) in [5, 5.41) is 7.35. The monoisotopic (exact) mass is 396 g/mol. The summed E-state index contributed by atoms with van der Waals surface area (Å²) in [7, 11) is 1.68. The second-order valence-corrected chi connectivity index (χ2v) is 6.94. The number of amides is 1. The molecule has 0 fully saturated rings. The molecule has 2 aromatic rings. The molecule has 0 aliphatic carbocycles. The second kappa shape index (κ2) is 11.2. The fraction of sp³-hybridized carbons (Fsp3) is 0.391. The second-order valence-electron chi connectivity index (χ2n) is 6.94. The van der Waals surface area contributed by atoms with E-state index in [9.17, 15) is 4.79 Å². The molecule has 0 saturated heterocycles. The molecule has 0 aliphatic heterocycles. The molecule has 29 heavy (non-hydrogen) atoms. The number of nitrogens with one attached hydrogen (secondary N) is 2. The Labute approximate surface area is 174 Å². The van der Waals surface area contributed by atoms with Gasteiger partial charge in [0.05, 0.1) is 19.4 Å². The van der Waals surface area contributed by atoms with E-state index in [1.165, 1.54) is 5.56 Å². The Morgan fingerprint density at radius 2 is 1.79 bits per heavy atom. The number of methoxy groups -OCH3 is 1. The number of benzene rings is 2. The number of rotatable bonds is 10. The van der Waals surface area contributed by atoms with Crippen LogP contribution in [0.1, 0.15) is 37.5 Å². The summed E-state index contributed by atoms with van der Waals surface area (Å²) in [5.41, 5.74) is 7.52. The maximum absolute atomic E-state index is 12.1. The molecule has 2 N–H and O–H groups in total. The van der Waals surface area contributed by atoms with Gasteiger partial charge in [-0.1, -0.05) is 31.5 Å².